The minimum absolute atomic E-state index is 0.172. The monoisotopic (exact) mass is 326 g/mol. The second kappa shape index (κ2) is 7.87. The van der Waals surface area contributed by atoms with Crippen LogP contribution < -0.4 is 21.3 Å². The Kier molecular flexibility index (Phi) is 5.87. The van der Waals surface area contributed by atoms with E-state index in [1.54, 1.807) is 12.3 Å². The fraction of sp³-hybridized carbons (Fsp3) is 0.462. The molecule has 0 aromatic carbocycles. The van der Waals surface area contributed by atoms with Crippen molar-refractivity contribution in [2.24, 2.45) is 0 Å². The number of carbonyl (C=O) groups is 3. The van der Waals surface area contributed by atoms with Gasteiger partial charge in [-0.3, -0.25) is 25.5 Å². The van der Waals surface area contributed by atoms with Crippen molar-refractivity contribution in [1.29, 1.82) is 0 Å². The number of imide groups is 1. The molecular formula is C13H18N4O4S. The molecule has 0 saturated carbocycles. The minimum atomic E-state index is -0.813. The SMILES string of the molecule is CCOC(=O)NC(=O)c1ccsc1NC(=O)C1NCCCN1. The van der Waals surface area contributed by atoms with Crippen LogP contribution in [0, 0.1) is 0 Å². The summed E-state index contributed by atoms with van der Waals surface area (Å²) in [4.78, 5) is 35.4. The van der Waals surface area contributed by atoms with Gasteiger partial charge in [-0.2, -0.15) is 0 Å². The fourth-order valence-electron chi connectivity index (χ4n) is 1.93. The molecule has 4 N–H and O–H groups in total. The van der Waals surface area contributed by atoms with E-state index in [-0.39, 0.29) is 18.1 Å². The Morgan fingerprint density at radius 2 is 2.09 bits per heavy atom. The van der Waals surface area contributed by atoms with Gasteiger partial charge in [0.15, 0.2) is 0 Å². The van der Waals surface area contributed by atoms with E-state index < -0.39 is 18.2 Å². The van der Waals surface area contributed by atoms with E-state index in [0.717, 1.165) is 19.5 Å². The average Bonchev–Trinajstić information content (AvgIpc) is 2.96. The number of ether oxygens (including phenoxy) is 1. The van der Waals surface area contributed by atoms with Crippen molar-refractivity contribution in [1.82, 2.24) is 16.0 Å². The molecule has 120 valence electrons. The van der Waals surface area contributed by atoms with Crippen LogP contribution in [0.15, 0.2) is 11.4 Å². The lowest BCUT2D eigenvalue weighted by Gasteiger charge is -2.23. The first-order valence-electron chi connectivity index (χ1n) is 6.95. The normalized spacial score (nSPS) is 15.1. The van der Waals surface area contributed by atoms with E-state index in [1.165, 1.54) is 17.4 Å². The second-order valence-electron chi connectivity index (χ2n) is 4.52. The van der Waals surface area contributed by atoms with Gasteiger partial charge < -0.3 is 10.1 Å². The zero-order chi connectivity index (χ0) is 15.9. The van der Waals surface area contributed by atoms with Crippen molar-refractivity contribution >= 4 is 34.2 Å². The van der Waals surface area contributed by atoms with Crippen molar-refractivity contribution in [2.45, 2.75) is 19.5 Å². The molecule has 3 amide bonds. The van der Waals surface area contributed by atoms with Crippen LogP contribution in [0.3, 0.4) is 0 Å². The largest absolute Gasteiger partial charge is 0.450 e. The number of anilines is 1. The molecule has 0 aliphatic carbocycles. The Morgan fingerprint density at radius 1 is 1.36 bits per heavy atom. The number of carbonyl (C=O) groups excluding carboxylic acids is 3. The van der Waals surface area contributed by atoms with E-state index in [1.807, 2.05) is 0 Å². The van der Waals surface area contributed by atoms with Crippen molar-refractivity contribution in [3.8, 4) is 0 Å². The van der Waals surface area contributed by atoms with Crippen LogP contribution in [0.2, 0.25) is 0 Å². The number of amides is 3. The third-order valence-electron chi connectivity index (χ3n) is 2.95. The molecule has 0 radical (unpaired) electrons. The fourth-order valence-corrected chi connectivity index (χ4v) is 2.72. The molecule has 1 aromatic rings. The molecule has 1 aliphatic heterocycles. The summed E-state index contributed by atoms with van der Waals surface area (Å²) in [6.07, 6.45) is -0.348. The number of thiophene rings is 1. The first kappa shape index (κ1) is 16.4. The van der Waals surface area contributed by atoms with E-state index >= 15 is 0 Å². The van der Waals surface area contributed by atoms with Crippen molar-refractivity contribution in [2.75, 3.05) is 25.0 Å². The molecule has 2 heterocycles. The van der Waals surface area contributed by atoms with Crippen LogP contribution in [-0.4, -0.2) is 43.8 Å². The number of rotatable bonds is 4. The Labute approximate surface area is 131 Å². The molecule has 9 heteroatoms. The molecule has 1 saturated heterocycles. The number of nitrogens with one attached hydrogen (secondary N) is 4. The zero-order valence-electron chi connectivity index (χ0n) is 12.1. The molecule has 1 fully saturated rings. The predicted octanol–water partition coefficient (Wildman–Crippen LogP) is 0.482. The van der Waals surface area contributed by atoms with Gasteiger partial charge in [0.25, 0.3) is 11.8 Å². The summed E-state index contributed by atoms with van der Waals surface area (Å²) in [7, 11) is 0. The summed E-state index contributed by atoms with van der Waals surface area (Å²) in [5, 5.41) is 12.9. The molecule has 8 nitrogen and oxygen atoms in total. The van der Waals surface area contributed by atoms with Gasteiger partial charge in [0.05, 0.1) is 12.2 Å². The lowest BCUT2D eigenvalue weighted by atomic mass is 10.2. The topological polar surface area (TPSA) is 109 Å². The van der Waals surface area contributed by atoms with E-state index in [0.29, 0.717) is 5.00 Å². The maximum Gasteiger partial charge on any atom is 0.414 e. The first-order chi connectivity index (χ1) is 10.6. The second-order valence-corrected chi connectivity index (χ2v) is 5.44. The molecule has 1 aliphatic rings. The molecule has 22 heavy (non-hydrogen) atoms. The van der Waals surface area contributed by atoms with Crippen molar-refractivity contribution in [3.63, 3.8) is 0 Å². The van der Waals surface area contributed by atoms with Crippen LogP contribution in [0.4, 0.5) is 9.80 Å². The summed E-state index contributed by atoms with van der Waals surface area (Å²) in [6, 6.07) is 1.54. The summed E-state index contributed by atoms with van der Waals surface area (Å²) in [5.41, 5.74) is 0.224. The molecular weight excluding hydrogens is 308 g/mol. The van der Waals surface area contributed by atoms with Crippen LogP contribution in [0.1, 0.15) is 23.7 Å². The maximum absolute atomic E-state index is 12.1. The highest BCUT2D eigenvalue weighted by atomic mass is 32.1. The summed E-state index contributed by atoms with van der Waals surface area (Å²) in [5.74, 6) is -0.883. The number of hydrogen-bond donors (Lipinski definition) is 4. The standard InChI is InChI=1S/C13H18N4O4S/c1-2-21-13(20)17-10(18)8-4-7-22-12(8)16-11(19)9-14-5-3-6-15-9/h4,7,9,14-15H,2-3,5-6H2,1H3,(H,16,19)(H,17,18,20). The molecule has 0 bridgehead atoms. The summed E-state index contributed by atoms with van der Waals surface area (Å²) >= 11 is 1.21. The Morgan fingerprint density at radius 3 is 2.77 bits per heavy atom. The van der Waals surface area contributed by atoms with E-state index in [9.17, 15) is 14.4 Å². The average molecular weight is 326 g/mol. The third kappa shape index (κ3) is 4.26. The van der Waals surface area contributed by atoms with Crippen LogP contribution in [0.5, 0.6) is 0 Å². The van der Waals surface area contributed by atoms with Crippen molar-refractivity contribution < 1.29 is 19.1 Å². The van der Waals surface area contributed by atoms with Gasteiger partial charge in [-0.05, 0) is 37.9 Å². The summed E-state index contributed by atoms with van der Waals surface area (Å²) in [6.45, 7) is 3.33. The number of hydrogen-bond acceptors (Lipinski definition) is 7. The van der Waals surface area contributed by atoms with Gasteiger partial charge in [-0.1, -0.05) is 0 Å². The first-order valence-corrected chi connectivity index (χ1v) is 7.83. The lowest BCUT2D eigenvalue weighted by molar-refractivity contribution is -0.119. The summed E-state index contributed by atoms with van der Waals surface area (Å²) < 4.78 is 4.65. The highest BCUT2D eigenvalue weighted by molar-refractivity contribution is 7.14. The van der Waals surface area contributed by atoms with Gasteiger partial charge >= 0.3 is 6.09 Å². The minimum Gasteiger partial charge on any atom is -0.450 e. The van der Waals surface area contributed by atoms with Gasteiger partial charge in [0.2, 0.25) is 0 Å². The molecule has 0 spiro atoms. The third-order valence-corrected chi connectivity index (χ3v) is 3.78. The van der Waals surface area contributed by atoms with Crippen LogP contribution in [0.25, 0.3) is 0 Å². The molecule has 0 unspecified atom stereocenters. The highest BCUT2D eigenvalue weighted by Gasteiger charge is 2.23. The van der Waals surface area contributed by atoms with E-state index in [2.05, 4.69) is 26.0 Å². The smallest absolute Gasteiger partial charge is 0.414 e. The predicted molar refractivity (Wildman–Crippen MR) is 81.8 cm³/mol. The quantitative estimate of drug-likeness (QED) is 0.641. The van der Waals surface area contributed by atoms with Gasteiger partial charge in [0, 0.05) is 0 Å². The van der Waals surface area contributed by atoms with Crippen LogP contribution >= 0.6 is 11.3 Å². The Hall–Kier alpha value is -1.97. The Balaban J connectivity index is 1.98. The van der Waals surface area contributed by atoms with Crippen molar-refractivity contribution in [3.05, 3.63) is 17.0 Å². The molecule has 0 atom stereocenters. The maximum atomic E-state index is 12.1. The molecule has 2 rings (SSSR count). The highest BCUT2D eigenvalue weighted by Crippen LogP contribution is 2.23. The van der Waals surface area contributed by atoms with Gasteiger partial charge in [0.1, 0.15) is 11.2 Å². The molecule has 1 aromatic heterocycles. The van der Waals surface area contributed by atoms with E-state index in [4.69, 9.17) is 0 Å². The number of alkyl carbamates (subject to hydrolysis) is 1. The van der Waals surface area contributed by atoms with Gasteiger partial charge in [-0.15, -0.1) is 11.3 Å². The van der Waals surface area contributed by atoms with Gasteiger partial charge in [-0.25, -0.2) is 4.79 Å². The zero-order valence-corrected chi connectivity index (χ0v) is 12.9. The lowest BCUT2D eigenvalue weighted by Crippen LogP contribution is -2.55. The van der Waals surface area contributed by atoms with Crippen LogP contribution in [-0.2, 0) is 9.53 Å². The Bertz CT molecular complexity index is 554.